The van der Waals surface area contributed by atoms with Crippen LogP contribution in [-0.2, 0) is 0 Å². The zero-order valence-corrected chi connectivity index (χ0v) is 6.78. The summed E-state index contributed by atoms with van der Waals surface area (Å²) in [7, 11) is 0. The summed E-state index contributed by atoms with van der Waals surface area (Å²) >= 11 is 5.79. The molecule has 0 spiro atoms. The molecule has 0 amide bonds. The maximum atomic E-state index is 5.79. The van der Waals surface area contributed by atoms with Crippen molar-refractivity contribution in [3.8, 4) is 0 Å². The normalized spacial score (nSPS) is 34.7. The maximum absolute atomic E-state index is 5.79. The molecule has 0 aromatic rings. The van der Waals surface area contributed by atoms with Gasteiger partial charge in [0.15, 0.2) is 0 Å². The molecule has 9 heavy (non-hydrogen) atoms. The number of rotatable bonds is 2. The van der Waals surface area contributed by atoms with E-state index in [2.05, 4.69) is 19.2 Å². The molecule has 0 bridgehead atoms. The van der Waals surface area contributed by atoms with Gasteiger partial charge in [0.05, 0.1) is 0 Å². The van der Waals surface area contributed by atoms with Gasteiger partial charge in [-0.2, -0.15) is 0 Å². The number of halogens is 1. The molecule has 0 unspecified atom stereocenters. The zero-order chi connectivity index (χ0) is 6.85. The summed E-state index contributed by atoms with van der Waals surface area (Å²) in [6.45, 7) is 4.34. The first-order valence-electron chi connectivity index (χ1n) is 3.58. The Morgan fingerprint density at radius 1 is 1.44 bits per heavy atom. The molecule has 1 saturated carbocycles. The zero-order valence-electron chi connectivity index (χ0n) is 6.02. The highest BCUT2D eigenvalue weighted by Gasteiger charge is 2.26. The highest BCUT2D eigenvalue weighted by atomic mass is 35.5. The van der Waals surface area contributed by atoms with Gasteiger partial charge in [-0.05, 0) is 12.8 Å². The van der Waals surface area contributed by atoms with Crippen LogP contribution in [0.5, 0.6) is 0 Å². The number of nitrogens with one attached hydrogen (secondary N) is 1. The van der Waals surface area contributed by atoms with Crippen LogP contribution in [-0.4, -0.2) is 17.5 Å². The first-order valence-corrected chi connectivity index (χ1v) is 4.02. The van der Waals surface area contributed by atoms with E-state index >= 15 is 0 Å². The third kappa shape index (κ3) is 2.15. The molecular weight excluding hydrogens is 134 g/mol. The van der Waals surface area contributed by atoms with Crippen LogP contribution in [0.15, 0.2) is 0 Å². The Balaban J connectivity index is 2.04. The molecule has 1 fully saturated rings. The molecule has 0 radical (unpaired) electrons. The molecule has 0 atom stereocenters. The van der Waals surface area contributed by atoms with E-state index in [-0.39, 0.29) is 0 Å². The topological polar surface area (TPSA) is 12.0 Å². The first-order chi connectivity index (χ1) is 4.18. The lowest BCUT2D eigenvalue weighted by Crippen LogP contribution is -2.44. The van der Waals surface area contributed by atoms with Crippen LogP contribution in [0, 0.1) is 0 Å². The second-order valence-corrected chi connectivity index (χ2v) is 3.70. The molecule has 0 aliphatic heterocycles. The van der Waals surface area contributed by atoms with Crippen LogP contribution >= 0.6 is 11.6 Å². The van der Waals surface area contributed by atoms with Gasteiger partial charge in [0.2, 0.25) is 0 Å². The van der Waals surface area contributed by atoms with E-state index in [0.29, 0.717) is 17.5 Å². The second kappa shape index (κ2) is 2.89. The largest absolute Gasteiger partial charge is 0.312 e. The first kappa shape index (κ1) is 7.36. The summed E-state index contributed by atoms with van der Waals surface area (Å²) in [4.78, 5) is 0. The Morgan fingerprint density at radius 2 is 2.00 bits per heavy atom. The Morgan fingerprint density at radius 3 is 2.33 bits per heavy atom. The SMILES string of the molecule is CC(C)NC1CC(Cl)C1. The minimum Gasteiger partial charge on any atom is -0.312 e. The van der Waals surface area contributed by atoms with Gasteiger partial charge >= 0.3 is 0 Å². The molecule has 54 valence electrons. The van der Waals surface area contributed by atoms with Gasteiger partial charge in [-0.1, -0.05) is 13.8 Å². The van der Waals surface area contributed by atoms with Crippen molar-refractivity contribution in [2.45, 2.75) is 44.1 Å². The lowest BCUT2D eigenvalue weighted by molar-refractivity contribution is 0.324. The quantitative estimate of drug-likeness (QED) is 0.587. The Kier molecular flexibility index (Phi) is 2.36. The van der Waals surface area contributed by atoms with Crippen molar-refractivity contribution in [1.29, 1.82) is 0 Å². The van der Waals surface area contributed by atoms with E-state index in [1.54, 1.807) is 0 Å². The fourth-order valence-corrected chi connectivity index (χ4v) is 1.59. The molecule has 0 aromatic heterocycles. The third-order valence-electron chi connectivity index (χ3n) is 1.65. The monoisotopic (exact) mass is 147 g/mol. The van der Waals surface area contributed by atoms with Crippen molar-refractivity contribution < 1.29 is 0 Å². The number of hydrogen-bond acceptors (Lipinski definition) is 1. The molecule has 1 aliphatic rings. The molecular formula is C7H14ClN. The van der Waals surface area contributed by atoms with Gasteiger partial charge in [-0.3, -0.25) is 0 Å². The summed E-state index contributed by atoms with van der Waals surface area (Å²) in [5.41, 5.74) is 0. The highest BCUT2D eigenvalue weighted by Crippen LogP contribution is 2.25. The van der Waals surface area contributed by atoms with Crippen LogP contribution in [0.25, 0.3) is 0 Å². The smallest absolute Gasteiger partial charge is 0.0365 e. The van der Waals surface area contributed by atoms with Crippen LogP contribution in [0.3, 0.4) is 0 Å². The van der Waals surface area contributed by atoms with E-state index in [4.69, 9.17) is 11.6 Å². The van der Waals surface area contributed by atoms with Crippen molar-refractivity contribution in [2.75, 3.05) is 0 Å². The Hall–Kier alpha value is 0.250. The summed E-state index contributed by atoms with van der Waals surface area (Å²) in [6.07, 6.45) is 2.31. The van der Waals surface area contributed by atoms with Crippen molar-refractivity contribution in [1.82, 2.24) is 5.32 Å². The molecule has 2 heteroatoms. The molecule has 1 aliphatic carbocycles. The van der Waals surface area contributed by atoms with Crippen molar-refractivity contribution in [3.05, 3.63) is 0 Å². The lowest BCUT2D eigenvalue weighted by Gasteiger charge is -2.33. The fourth-order valence-electron chi connectivity index (χ4n) is 1.16. The van der Waals surface area contributed by atoms with E-state index < -0.39 is 0 Å². The van der Waals surface area contributed by atoms with E-state index in [1.807, 2.05) is 0 Å². The van der Waals surface area contributed by atoms with Crippen molar-refractivity contribution >= 4 is 11.6 Å². The summed E-state index contributed by atoms with van der Waals surface area (Å²) in [6, 6.07) is 1.31. The molecule has 1 rings (SSSR count). The average molecular weight is 148 g/mol. The molecule has 0 aromatic carbocycles. The standard InChI is InChI=1S/C7H14ClN/c1-5(2)9-7-3-6(8)4-7/h5-7,9H,3-4H2,1-2H3. The van der Waals surface area contributed by atoms with Gasteiger partial charge in [-0.25, -0.2) is 0 Å². The minimum atomic E-state index is 0.446. The molecule has 0 heterocycles. The summed E-state index contributed by atoms with van der Waals surface area (Å²) in [5, 5.41) is 3.87. The van der Waals surface area contributed by atoms with Crippen LogP contribution < -0.4 is 5.32 Å². The second-order valence-electron chi connectivity index (χ2n) is 3.09. The van der Waals surface area contributed by atoms with E-state index in [0.717, 1.165) is 12.8 Å². The summed E-state index contributed by atoms with van der Waals surface area (Å²) in [5.74, 6) is 0. The molecule has 0 saturated heterocycles. The summed E-state index contributed by atoms with van der Waals surface area (Å²) < 4.78 is 0. The average Bonchev–Trinajstić information content (AvgIpc) is 1.60. The highest BCUT2D eigenvalue weighted by molar-refractivity contribution is 6.21. The Labute approximate surface area is 61.8 Å². The van der Waals surface area contributed by atoms with Crippen molar-refractivity contribution in [3.63, 3.8) is 0 Å². The third-order valence-corrected chi connectivity index (χ3v) is 2.01. The van der Waals surface area contributed by atoms with Crippen LogP contribution in [0.2, 0.25) is 0 Å². The number of alkyl halides is 1. The van der Waals surface area contributed by atoms with Gasteiger partial charge in [0.1, 0.15) is 0 Å². The van der Waals surface area contributed by atoms with Gasteiger partial charge in [0.25, 0.3) is 0 Å². The maximum Gasteiger partial charge on any atom is 0.0365 e. The molecule has 1 N–H and O–H groups in total. The lowest BCUT2D eigenvalue weighted by atomic mass is 9.92. The predicted molar refractivity (Wildman–Crippen MR) is 40.9 cm³/mol. The van der Waals surface area contributed by atoms with Gasteiger partial charge in [0, 0.05) is 17.5 Å². The van der Waals surface area contributed by atoms with E-state index in [1.165, 1.54) is 0 Å². The minimum absolute atomic E-state index is 0.446. The van der Waals surface area contributed by atoms with E-state index in [9.17, 15) is 0 Å². The van der Waals surface area contributed by atoms with Gasteiger partial charge in [-0.15, -0.1) is 11.6 Å². The van der Waals surface area contributed by atoms with Crippen LogP contribution in [0.4, 0.5) is 0 Å². The fraction of sp³-hybridized carbons (Fsp3) is 1.00. The van der Waals surface area contributed by atoms with Crippen molar-refractivity contribution in [2.24, 2.45) is 0 Å². The predicted octanol–water partition coefficient (Wildman–Crippen LogP) is 1.75. The van der Waals surface area contributed by atoms with Gasteiger partial charge < -0.3 is 5.32 Å². The van der Waals surface area contributed by atoms with Crippen LogP contribution in [0.1, 0.15) is 26.7 Å². The number of hydrogen-bond donors (Lipinski definition) is 1. The Bertz CT molecular complexity index is 86.9. The molecule has 1 nitrogen and oxygen atoms in total.